The predicted octanol–water partition coefficient (Wildman–Crippen LogP) is 3.15. The molecular formula is C12H9ClFNO4. The highest BCUT2D eigenvalue weighted by atomic mass is 35.5. The molecule has 0 aliphatic heterocycles. The fourth-order valence-electron chi connectivity index (χ4n) is 1.70. The summed E-state index contributed by atoms with van der Waals surface area (Å²) in [7, 11) is 1.38. The minimum atomic E-state index is -1.27. The summed E-state index contributed by atoms with van der Waals surface area (Å²) < 4.78 is 23.4. The van der Waals surface area contributed by atoms with Gasteiger partial charge in [-0.15, -0.1) is 0 Å². The maximum absolute atomic E-state index is 13.7. The van der Waals surface area contributed by atoms with E-state index in [1.165, 1.54) is 20.1 Å². The molecule has 2 rings (SSSR count). The van der Waals surface area contributed by atoms with E-state index >= 15 is 0 Å². The van der Waals surface area contributed by atoms with Crippen LogP contribution in [0.2, 0.25) is 5.02 Å². The second-order valence-corrected chi connectivity index (χ2v) is 4.16. The maximum atomic E-state index is 13.7. The largest absolute Gasteiger partial charge is 0.494 e. The first-order chi connectivity index (χ1) is 8.95. The molecule has 0 saturated heterocycles. The van der Waals surface area contributed by atoms with Gasteiger partial charge in [-0.05, 0) is 18.6 Å². The quantitative estimate of drug-likeness (QED) is 0.938. The molecule has 19 heavy (non-hydrogen) atoms. The molecule has 0 saturated carbocycles. The lowest BCUT2D eigenvalue weighted by atomic mass is 10.0. The SMILES string of the molecule is COc1c(Cl)cc(F)c(C)c1-c1cc(C(=O)O)on1. The number of aromatic carboxylic acids is 1. The van der Waals surface area contributed by atoms with Crippen molar-refractivity contribution in [1.29, 1.82) is 0 Å². The summed E-state index contributed by atoms with van der Waals surface area (Å²) in [5.41, 5.74) is 0.656. The van der Waals surface area contributed by atoms with Gasteiger partial charge in [-0.2, -0.15) is 0 Å². The van der Waals surface area contributed by atoms with Crippen molar-refractivity contribution in [2.45, 2.75) is 6.92 Å². The predicted molar refractivity (Wildman–Crippen MR) is 65.2 cm³/mol. The number of methoxy groups -OCH3 is 1. The first kappa shape index (κ1) is 13.4. The summed E-state index contributed by atoms with van der Waals surface area (Å²) in [6, 6.07) is 2.31. The van der Waals surface area contributed by atoms with Gasteiger partial charge in [0.2, 0.25) is 5.76 Å². The van der Waals surface area contributed by atoms with E-state index in [2.05, 4.69) is 9.68 Å². The molecular weight excluding hydrogens is 277 g/mol. The Hall–Kier alpha value is -2.08. The summed E-state index contributed by atoms with van der Waals surface area (Å²) in [6.07, 6.45) is 0. The number of benzene rings is 1. The summed E-state index contributed by atoms with van der Waals surface area (Å²) in [5, 5.41) is 12.5. The van der Waals surface area contributed by atoms with Crippen molar-refractivity contribution in [3.8, 4) is 17.0 Å². The Morgan fingerprint density at radius 2 is 2.21 bits per heavy atom. The van der Waals surface area contributed by atoms with Gasteiger partial charge in [0.25, 0.3) is 0 Å². The van der Waals surface area contributed by atoms with Crippen LogP contribution in [-0.2, 0) is 0 Å². The van der Waals surface area contributed by atoms with E-state index in [-0.39, 0.29) is 33.4 Å². The number of aromatic nitrogens is 1. The fourth-order valence-corrected chi connectivity index (χ4v) is 1.96. The van der Waals surface area contributed by atoms with Gasteiger partial charge in [-0.1, -0.05) is 16.8 Å². The molecule has 0 spiro atoms. The molecule has 1 heterocycles. The van der Waals surface area contributed by atoms with E-state index in [4.69, 9.17) is 21.4 Å². The average molecular weight is 286 g/mol. The Bertz CT molecular complexity index is 653. The molecule has 0 atom stereocenters. The lowest BCUT2D eigenvalue weighted by Gasteiger charge is -2.11. The average Bonchev–Trinajstić information content (AvgIpc) is 2.82. The van der Waals surface area contributed by atoms with E-state index in [9.17, 15) is 9.18 Å². The van der Waals surface area contributed by atoms with Crippen molar-refractivity contribution in [1.82, 2.24) is 5.16 Å². The second kappa shape index (κ2) is 4.89. The maximum Gasteiger partial charge on any atom is 0.374 e. The Balaban J connectivity index is 2.69. The fraction of sp³-hybridized carbons (Fsp3) is 0.167. The normalized spacial score (nSPS) is 10.5. The highest BCUT2D eigenvalue weighted by Crippen LogP contribution is 2.39. The number of carboxylic acids is 1. The van der Waals surface area contributed by atoms with Crippen LogP contribution in [0, 0.1) is 12.7 Å². The zero-order valence-electron chi connectivity index (χ0n) is 10.0. The van der Waals surface area contributed by atoms with Crippen molar-refractivity contribution >= 4 is 17.6 Å². The number of rotatable bonds is 3. The van der Waals surface area contributed by atoms with Crippen molar-refractivity contribution in [3.63, 3.8) is 0 Å². The number of nitrogens with zero attached hydrogens (tertiary/aromatic N) is 1. The molecule has 1 aromatic heterocycles. The molecule has 5 nitrogen and oxygen atoms in total. The van der Waals surface area contributed by atoms with E-state index in [1.807, 2.05) is 0 Å². The summed E-state index contributed by atoms with van der Waals surface area (Å²) >= 11 is 5.89. The second-order valence-electron chi connectivity index (χ2n) is 3.76. The molecule has 0 aliphatic carbocycles. The van der Waals surface area contributed by atoms with Gasteiger partial charge >= 0.3 is 5.97 Å². The molecule has 0 fully saturated rings. The molecule has 0 unspecified atom stereocenters. The topological polar surface area (TPSA) is 72.6 Å². The summed E-state index contributed by atoms with van der Waals surface area (Å²) in [6.45, 7) is 1.51. The van der Waals surface area contributed by atoms with E-state index < -0.39 is 11.8 Å². The first-order valence-electron chi connectivity index (χ1n) is 5.18. The highest BCUT2D eigenvalue weighted by molar-refractivity contribution is 6.32. The van der Waals surface area contributed by atoms with Crippen molar-refractivity contribution in [3.05, 3.63) is 34.3 Å². The van der Waals surface area contributed by atoms with E-state index in [0.29, 0.717) is 0 Å². The van der Waals surface area contributed by atoms with Crippen LogP contribution in [0.3, 0.4) is 0 Å². The molecule has 7 heteroatoms. The molecule has 0 radical (unpaired) electrons. The number of carbonyl (C=O) groups is 1. The zero-order valence-corrected chi connectivity index (χ0v) is 10.8. The lowest BCUT2D eigenvalue weighted by Crippen LogP contribution is -1.96. The van der Waals surface area contributed by atoms with Crippen molar-refractivity contribution in [2.24, 2.45) is 0 Å². The summed E-state index contributed by atoms with van der Waals surface area (Å²) in [5.74, 6) is -1.94. The minimum Gasteiger partial charge on any atom is -0.494 e. The van der Waals surface area contributed by atoms with Crippen molar-refractivity contribution in [2.75, 3.05) is 7.11 Å². The van der Waals surface area contributed by atoms with Crippen molar-refractivity contribution < 1.29 is 23.6 Å². The first-order valence-corrected chi connectivity index (χ1v) is 5.56. The van der Waals surface area contributed by atoms with Gasteiger partial charge in [-0.25, -0.2) is 9.18 Å². The highest BCUT2D eigenvalue weighted by Gasteiger charge is 2.21. The van der Waals surface area contributed by atoms with Gasteiger partial charge in [-0.3, -0.25) is 0 Å². The Kier molecular flexibility index (Phi) is 3.44. The van der Waals surface area contributed by atoms with Crippen LogP contribution in [0.25, 0.3) is 11.3 Å². The smallest absolute Gasteiger partial charge is 0.374 e. The molecule has 0 bridgehead atoms. The van der Waals surface area contributed by atoms with Gasteiger partial charge < -0.3 is 14.4 Å². The molecule has 0 amide bonds. The van der Waals surface area contributed by atoms with Crippen LogP contribution in [0.1, 0.15) is 16.1 Å². The lowest BCUT2D eigenvalue weighted by molar-refractivity contribution is 0.0652. The monoisotopic (exact) mass is 285 g/mol. The molecule has 0 aliphatic rings. The third-order valence-electron chi connectivity index (χ3n) is 2.61. The van der Waals surface area contributed by atoms with Gasteiger partial charge in [0.15, 0.2) is 0 Å². The minimum absolute atomic E-state index is 0.0699. The van der Waals surface area contributed by atoms with Crippen LogP contribution < -0.4 is 4.74 Å². The van der Waals surface area contributed by atoms with Crippen LogP contribution in [0.15, 0.2) is 16.7 Å². The number of hydrogen-bond donors (Lipinski definition) is 1. The molecule has 1 N–H and O–H groups in total. The molecule has 100 valence electrons. The number of ether oxygens (including phenoxy) is 1. The van der Waals surface area contributed by atoms with Crippen LogP contribution >= 0.6 is 11.6 Å². The Labute approximate surface area is 112 Å². The number of halogens is 2. The van der Waals surface area contributed by atoms with E-state index in [1.54, 1.807) is 0 Å². The van der Waals surface area contributed by atoms with Gasteiger partial charge in [0, 0.05) is 6.07 Å². The van der Waals surface area contributed by atoms with Crippen LogP contribution in [0.4, 0.5) is 4.39 Å². The van der Waals surface area contributed by atoms with Crippen LogP contribution in [-0.4, -0.2) is 23.3 Å². The number of carboxylic acid groups (broad SMARTS) is 1. The van der Waals surface area contributed by atoms with Gasteiger partial charge in [0.05, 0.1) is 17.7 Å². The zero-order chi connectivity index (χ0) is 14.2. The van der Waals surface area contributed by atoms with Crippen LogP contribution in [0.5, 0.6) is 5.75 Å². The van der Waals surface area contributed by atoms with E-state index in [0.717, 1.165) is 6.07 Å². The standard InChI is InChI=1S/C12H9ClFNO4/c1-5-7(14)3-6(13)11(18-2)10(5)8-4-9(12(16)17)19-15-8/h3-4H,1-2H3,(H,16,17). The number of hydrogen-bond acceptors (Lipinski definition) is 4. The van der Waals surface area contributed by atoms with Gasteiger partial charge in [0.1, 0.15) is 17.3 Å². The third kappa shape index (κ3) is 2.26. The summed E-state index contributed by atoms with van der Waals surface area (Å²) in [4.78, 5) is 10.8. The Morgan fingerprint density at radius 1 is 1.53 bits per heavy atom. The molecule has 1 aromatic carbocycles. The Morgan fingerprint density at radius 3 is 2.74 bits per heavy atom. The molecule has 2 aromatic rings. The third-order valence-corrected chi connectivity index (χ3v) is 2.89.